The standard InChI is InChI=1S/C9H9ClN2O2/c10-6-2-1-3-7-8(6)14-9(13)12(7)5-4-11/h1-3H,4-5,11H2. The zero-order chi connectivity index (χ0) is 10.1. The Morgan fingerprint density at radius 2 is 2.29 bits per heavy atom. The third-order valence-corrected chi connectivity index (χ3v) is 2.30. The van der Waals surface area contributed by atoms with E-state index < -0.39 is 5.76 Å². The summed E-state index contributed by atoms with van der Waals surface area (Å²) in [6.07, 6.45) is 0. The van der Waals surface area contributed by atoms with Gasteiger partial charge < -0.3 is 10.2 Å². The second kappa shape index (κ2) is 3.48. The molecule has 1 heterocycles. The van der Waals surface area contributed by atoms with Crippen LogP contribution in [0.2, 0.25) is 5.02 Å². The Labute approximate surface area is 84.9 Å². The predicted octanol–water partition coefficient (Wildman–Crippen LogP) is 1.21. The van der Waals surface area contributed by atoms with Crippen molar-refractivity contribution in [2.24, 2.45) is 5.73 Å². The molecule has 0 aliphatic carbocycles. The van der Waals surface area contributed by atoms with E-state index >= 15 is 0 Å². The topological polar surface area (TPSA) is 61.2 Å². The van der Waals surface area contributed by atoms with Crippen molar-refractivity contribution in [2.75, 3.05) is 6.54 Å². The van der Waals surface area contributed by atoms with Gasteiger partial charge in [0.2, 0.25) is 0 Å². The number of halogens is 1. The van der Waals surface area contributed by atoms with Gasteiger partial charge in [0.05, 0.1) is 10.5 Å². The average molecular weight is 213 g/mol. The van der Waals surface area contributed by atoms with E-state index in [0.717, 1.165) is 0 Å². The molecule has 0 atom stereocenters. The van der Waals surface area contributed by atoms with Crippen molar-refractivity contribution in [3.8, 4) is 0 Å². The smallest absolute Gasteiger partial charge is 0.406 e. The summed E-state index contributed by atoms with van der Waals surface area (Å²) in [4.78, 5) is 11.4. The first-order chi connectivity index (χ1) is 6.74. The molecule has 0 saturated carbocycles. The third-order valence-electron chi connectivity index (χ3n) is 2.00. The molecule has 0 amide bonds. The Balaban J connectivity index is 2.77. The van der Waals surface area contributed by atoms with Crippen LogP contribution < -0.4 is 11.5 Å². The Morgan fingerprint density at radius 1 is 1.50 bits per heavy atom. The zero-order valence-corrected chi connectivity index (χ0v) is 8.12. The normalized spacial score (nSPS) is 11.0. The van der Waals surface area contributed by atoms with Crippen LogP contribution >= 0.6 is 11.6 Å². The van der Waals surface area contributed by atoms with Gasteiger partial charge in [0.15, 0.2) is 5.58 Å². The Kier molecular flexibility index (Phi) is 2.31. The summed E-state index contributed by atoms with van der Waals surface area (Å²) < 4.78 is 6.48. The second-order valence-corrected chi connectivity index (χ2v) is 3.30. The van der Waals surface area contributed by atoms with E-state index in [-0.39, 0.29) is 0 Å². The minimum absolute atomic E-state index is 0.390. The summed E-state index contributed by atoms with van der Waals surface area (Å²) in [7, 11) is 0. The van der Waals surface area contributed by atoms with Crippen molar-refractivity contribution in [2.45, 2.75) is 6.54 Å². The maximum Gasteiger partial charge on any atom is 0.420 e. The zero-order valence-electron chi connectivity index (χ0n) is 7.37. The molecule has 5 heteroatoms. The average Bonchev–Trinajstić information content (AvgIpc) is 2.47. The number of hydrogen-bond acceptors (Lipinski definition) is 3. The van der Waals surface area contributed by atoms with Crippen LogP contribution in [0, 0.1) is 0 Å². The summed E-state index contributed by atoms with van der Waals surface area (Å²) in [5, 5.41) is 0.440. The van der Waals surface area contributed by atoms with Gasteiger partial charge in [-0.3, -0.25) is 4.57 Å². The van der Waals surface area contributed by atoms with Crippen molar-refractivity contribution in [3.05, 3.63) is 33.8 Å². The lowest BCUT2D eigenvalue weighted by Gasteiger charge is -1.97. The largest absolute Gasteiger partial charge is 0.420 e. The predicted molar refractivity (Wildman–Crippen MR) is 54.5 cm³/mol. The molecule has 0 fully saturated rings. The molecule has 0 aliphatic heterocycles. The highest BCUT2D eigenvalue weighted by atomic mass is 35.5. The lowest BCUT2D eigenvalue weighted by Crippen LogP contribution is -2.19. The lowest BCUT2D eigenvalue weighted by atomic mass is 10.3. The van der Waals surface area contributed by atoms with Crippen LogP contribution in [0.3, 0.4) is 0 Å². The highest BCUT2D eigenvalue weighted by Gasteiger charge is 2.10. The number of hydrogen-bond donors (Lipinski definition) is 1. The van der Waals surface area contributed by atoms with Gasteiger partial charge in [-0.15, -0.1) is 0 Å². The molecule has 1 aromatic carbocycles. The van der Waals surface area contributed by atoms with Crippen molar-refractivity contribution in [3.63, 3.8) is 0 Å². The van der Waals surface area contributed by atoms with Gasteiger partial charge in [0.25, 0.3) is 0 Å². The highest BCUT2D eigenvalue weighted by Crippen LogP contribution is 2.21. The monoisotopic (exact) mass is 212 g/mol. The summed E-state index contributed by atoms with van der Waals surface area (Å²) in [5.41, 5.74) is 6.49. The molecule has 0 saturated heterocycles. The fourth-order valence-corrected chi connectivity index (χ4v) is 1.60. The molecular weight excluding hydrogens is 204 g/mol. The van der Waals surface area contributed by atoms with Crippen molar-refractivity contribution in [1.82, 2.24) is 4.57 Å². The van der Waals surface area contributed by atoms with Gasteiger partial charge in [-0.05, 0) is 12.1 Å². The molecule has 0 unspecified atom stereocenters. The van der Waals surface area contributed by atoms with Gasteiger partial charge in [0.1, 0.15) is 0 Å². The maximum absolute atomic E-state index is 11.4. The minimum Gasteiger partial charge on any atom is -0.406 e. The fourth-order valence-electron chi connectivity index (χ4n) is 1.39. The van der Waals surface area contributed by atoms with E-state index in [9.17, 15) is 4.79 Å². The molecule has 0 aliphatic rings. The van der Waals surface area contributed by atoms with Crippen molar-refractivity contribution < 1.29 is 4.42 Å². The van der Waals surface area contributed by atoms with Crippen LogP contribution in [0.15, 0.2) is 27.4 Å². The maximum atomic E-state index is 11.4. The van der Waals surface area contributed by atoms with Crippen LogP contribution in [0.1, 0.15) is 0 Å². The molecule has 2 aromatic rings. The summed E-state index contributed by atoms with van der Waals surface area (Å²) >= 11 is 5.87. The number of oxazole rings is 1. The van der Waals surface area contributed by atoms with Crippen molar-refractivity contribution in [1.29, 1.82) is 0 Å². The van der Waals surface area contributed by atoms with Gasteiger partial charge >= 0.3 is 5.76 Å². The molecule has 0 spiro atoms. The van der Waals surface area contributed by atoms with Crippen molar-refractivity contribution >= 4 is 22.7 Å². The van der Waals surface area contributed by atoms with Crippen LogP contribution in [-0.2, 0) is 6.54 Å². The van der Waals surface area contributed by atoms with E-state index in [0.29, 0.717) is 29.2 Å². The van der Waals surface area contributed by atoms with Crippen LogP contribution in [-0.4, -0.2) is 11.1 Å². The first kappa shape index (κ1) is 9.30. The van der Waals surface area contributed by atoms with E-state index in [1.54, 1.807) is 18.2 Å². The first-order valence-electron chi connectivity index (χ1n) is 4.22. The Hall–Kier alpha value is -1.26. The molecule has 0 bridgehead atoms. The van der Waals surface area contributed by atoms with Crippen LogP contribution in [0.25, 0.3) is 11.1 Å². The Bertz CT molecular complexity index is 515. The van der Waals surface area contributed by atoms with Gasteiger partial charge in [0, 0.05) is 13.1 Å². The number of benzene rings is 1. The number of rotatable bonds is 2. The third kappa shape index (κ3) is 1.32. The highest BCUT2D eigenvalue weighted by molar-refractivity contribution is 6.34. The molecule has 1 aromatic heterocycles. The van der Waals surface area contributed by atoms with Crippen LogP contribution in [0.5, 0.6) is 0 Å². The molecule has 2 rings (SSSR count). The SMILES string of the molecule is NCCn1c(=O)oc2c(Cl)cccc21. The first-order valence-corrected chi connectivity index (χ1v) is 4.60. The molecule has 74 valence electrons. The van der Waals surface area contributed by atoms with E-state index in [1.165, 1.54) is 4.57 Å². The molecule has 2 N–H and O–H groups in total. The number of aromatic nitrogens is 1. The summed E-state index contributed by atoms with van der Waals surface area (Å²) in [6.45, 7) is 0.827. The number of para-hydroxylation sites is 1. The fraction of sp³-hybridized carbons (Fsp3) is 0.222. The molecular formula is C9H9ClN2O2. The number of nitrogens with two attached hydrogens (primary N) is 1. The quantitative estimate of drug-likeness (QED) is 0.814. The lowest BCUT2D eigenvalue weighted by molar-refractivity contribution is 0.507. The van der Waals surface area contributed by atoms with E-state index in [1.807, 2.05) is 0 Å². The van der Waals surface area contributed by atoms with Gasteiger partial charge in [-0.25, -0.2) is 4.79 Å². The minimum atomic E-state index is -0.418. The van der Waals surface area contributed by atoms with Gasteiger partial charge in [-0.2, -0.15) is 0 Å². The molecule has 4 nitrogen and oxygen atoms in total. The number of nitrogens with zero attached hydrogens (tertiary/aromatic N) is 1. The van der Waals surface area contributed by atoms with E-state index in [2.05, 4.69) is 0 Å². The number of fused-ring (bicyclic) bond motifs is 1. The molecule has 14 heavy (non-hydrogen) atoms. The second-order valence-electron chi connectivity index (χ2n) is 2.90. The summed E-state index contributed by atoms with van der Waals surface area (Å²) in [6, 6.07) is 5.23. The molecule has 0 radical (unpaired) electrons. The van der Waals surface area contributed by atoms with Crippen LogP contribution in [0.4, 0.5) is 0 Å². The Morgan fingerprint density at radius 3 is 3.00 bits per heavy atom. The van der Waals surface area contributed by atoms with E-state index in [4.69, 9.17) is 21.8 Å². The van der Waals surface area contributed by atoms with Gasteiger partial charge in [-0.1, -0.05) is 17.7 Å². The summed E-state index contributed by atoms with van der Waals surface area (Å²) in [5.74, 6) is -0.418.